The number of benzene rings is 8. The summed E-state index contributed by atoms with van der Waals surface area (Å²) < 4.78 is 12.9. The lowest BCUT2D eigenvalue weighted by molar-refractivity contribution is 0.669. The van der Waals surface area contributed by atoms with E-state index in [0.717, 1.165) is 77.5 Å². The third-order valence-electron chi connectivity index (χ3n) is 9.45. The summed E-state index contributed by atoms with van der Waals surface area (Å²) in [7, 11) is 0. The average molecular weight is 602 g/mol. The molecule has 0 saturated carbocycles. The van der Waals surface area contributed by atoms with Gasteiger partial charge in [-0.3, -0.25) is 0 Å². The van der Waals surface area contributed by atoms with Gasteiger partial charge in [0.05, 0.1) is 11.4 Å². The largest absolute Gasteiger partial charge is 0.456 e. The molecule has 3 nitrogen and oxygen atoms in total. The lowest BCUT2D eigenvalue weighted by atomic mass is 10.0. The first-order valence-electron chi connectivity index (χ1n) is 15.9. The zero-order valence-electron chi connectivity index (χ0n) is 25.4. The predicted molar refractivity (Wildman–Crippen MR) is 196 cm³/mol. The average Bonchev–Trinajstić information content (AvgIpc) is 3.71. The van der Waals surface area contributed by atoms with Gasteiger partial charge in [-0.25, -0.2) is 0 Å². The van der Waals surface area contributed by atoms with Gasteiger partial charge in [-0.1, -0.05) is 115 Å². The van der Waals surface area contributed by atoms with E-state index >= 15 is 0 Å². The number of para-hydroxylation sites is 2. The first-order valence-corrected chi connectivity index (χ1v) is 15.9. The van der Waals surface area contributed by atoms with E-state index in [1.165, 1.54) is 16.2 Å². The van der Waals surface area contributed by atoms with Crippen LogP contribution < -0.4 is 4.90 Å². The number of fused-ring (bicyclic) bond motifs is 9. The monoisotopic (exact) mass is 601 g/mol. The van der Waals surface area contributed by atoms with Gasteiger partial charge in [0.25, 0.3) is 0 Å². The number of hydrogen-bond acceptors (Lipinski definition) is 3. The van der Waals surface area contributed by atoms with Gasteiger partial charge in [-0.05, 0) is 70.4 Å². The summed E-state index contributed by atoms with van der Waals surface area (Å²) in [6, 6.07) is 57.9. The molecule has 220 valence electrons. The summed E-state index contributed by atoms with van der Waals surface area (Å²) in [6.07, 6.45) is 0. The number of furan rings is 2. The molecule has 0 saturated heterocycles. The van der Waals surface area contributed by atoms with Crippen molar-refractivity contribution in [3.63, 3.8) is 0 Å². The van der Waals surface area contributed by atoms with Gasteiger partial charge in [0.1, 0.15) is 16.7 Å². The van der Waals surface area contributed by atoms with Crippen molar-refractivity contribution in [1.29, 1.82) is 0 Å². The molecule has 0 bridgehead atoms. The zero-order valence-corrected chi connectivity index (χ0v) is 25.4. The van der Waals surface area contributed by atoms with E-state index < -0.39 is 0 Å². The molecular formula is C44H27NO2. The molecule has 0 aliphatic heterocycles. The van der Waals surface area contributed by atoms with Crippen molar-refractivity contribution in [3.8, 4) is 11.1 Å². The Balaban J connectivity index is 1.18. The van der Waals surface area contributed by atoms with Crippen LogP contribution in [0.25, 0.3) is 76.5 Å². The fourth-order valence-corrected chi connectivity index (χ4v) is 7.21. The highest BCUT2D eigenvalue weighted by molar-refractivity contribution is 6.18. The molecule has 0 N–H and O–H groups in total. The van der Waals surface area contributed by atoms with Crippen LogP contribution in [0.15, 0.2) is 173 Å². The second-order valence-corrected chi connectivity index (χ2v) is 12.1. The molecule has 0 amide bonds. The third-order valence-corrected chi connectivity index (χ3v) is 9.45. The minimum absolute atomic E-state index is 0.869. The maximum absolute atomic E-state index is 6.84. The SMILES string of the molecule is c1ccc2c(N(c3ccc(-c4ccc5oc6ccccc6c5c4)cc3)c3cccc4c3oc3c5ccccc5ccc43)cccc2c1. The predicted octanol–water partition coefficient (Wildman–Crippen LogP) is 12.9. The van der Waals surface area contributed by atoms with Crippen molar-refractivity contribution >= 4 is 82.5 Å². The van der Waals surface area contributed by atoms with Gasteiger partial charge in [0, 0.05) is 38.0 Å². The Morgan fingerprint density at radius 1 is 0.340 bits per heavy atom. The highest BCUT2D eigenvalue weighted by atomic mass is 16.3. The summed E-state index contributed by atoms with van der Waals surface area (Å²) in [6.45, 7) is 0. The number of hydrogen-bond donors (Lipinski definition) is 0. The normalized spacial score (nSPS) is 11.8. The second kappa shape index (κ2) is 10.1. The van der Waals surface area contributed by atoms with Crippen LogP contribution in [0.2, 0.25) is 0 Å². The Morgan fingerprint density at radius 2 is 0.957 bits per heavy atom. The Kier molecular flexibility index (Phi) is 5.57. The molecule has 0 fully saturated rings. The molecule has 2 heterocycles. The van der Waals surface area contributed by atoms with E-state index in [1.54, 1.807) is 0 Å². The van der Waals surface area contributed by atoms with Crippen LogP contribution in [0, 0.1) is 0 Å². The molecule has 0 aliphatic carbocycles. The van der Waals surface area contributed by atoms with Crippen molar-refractivity contribution in [2.45, 2.75) is 0 Å². The molecule has 0 atom stereocenters. The van der Waals surface area contributed by atoms with E-state index in [4.69, 9.17) is 8.83 Å². The Bertz CT molecular complexity index is 2800. The standard InChI is InChI=1S/C44H27NO2/c1-3-12-33-29(9-1)11-7-16-39(33)45(40-17-8-15-36-37-25-21-30-10-2-4-13-34(30)43(37)47-44(36)40)32-23-19-28(20-24-32)31-22-26-42-38(27-31)35-14-5-6-18-41(35)46-42/h1-27H. The molecule has 0 unspecified atom stereocenters. The summed E-state index contributed by atoms with van der Waals surface area (Å²) >= 11 is 0. The van der Waals surface area contributed by atoms with Crippen molar-refractivity contribution in [2.24, 2.45) is 0 Å². The number of rotatable bonds is 4. The van der Waals surface area contributed by atoms with Gasteiger partial charge < -0.3 is 13.7 Å². The summed E-state index contributed by atoms with van der Waals surface area (Å²) in [5, 5.41) is 9.14. The fraction of sp³-hybridized carbons (Fsp3) is 0. The number of nitrogens with zero attached hydrogens (tertiary/aromatic N) is 1. The molecule has 3 heteroatoms. The maximum atomic E-state index is 6.84. The van der Waals surface area contributed by atoms with Crippen LogP contribution in [0.1, 0.15) is 0 Å². The van der Waals surface area contributed by atoms with Crippen LogP contribution in [0.4, 0.5) is 17.1 Å². The van der Waals surface area contributed by atoms with Crippen molar-refractivity contribution < 1.29 is 8.83 Å². The van der Waals surface area contributed by atoms with Crippen molar-refractivity contribution in [3.05, 3.63) is 164 Å². The van der Waals surface area contributed by atoms with Gasteiger partial charge in [-0.2, -0.15) is 0 Å². The first kappa shape index (κ1) is 26.0. The molecule has 10 rings (SSSR count). The maximum Gasteiger partial charge on any atom is 0.159 e. The highest BCUT2D eigenvalue weighted by Crippen LogP contribution is 2.45. The van der Waals surface area contributed by atoms with Crippen LogP contribution >= 0.6 is 0 Å². The lowest BCUT2D eigenvalue weighted by Crippen LogP contribution is -2.10. The fourth-order valence-electron chi connectivity index (χ4n) is 7.21. The van der Waals surface area contributed by atoms with Gasteiger partial charge in [-0.15, -0.1) is 0 Å². The van der Waals surface area contributed by atoms with E-state index in [0.29, 0.717) is 0 Å². The molecule has 47 heavy (non-hydrogen) atoms. The summed E-state index contributed by atoms with van der Waals surface area (Å²) in [4.78, 5) is 2.34. The zero-order chi connectivity index (χ0) is 30.9. The van der Waals surface area contributed by atoms with E-state index in [-0.39, 0.29) is 0 Å². The van der Waals surface area contributed by atoms with Crippen LogP contribution in [-0.4, -0.2) is 0 Å². The molecule has 8 aromatic carbocycles. The van der Waals surface area contributed by atoms with Crippen molar-refractivity contribution in [2.75, 3.05) is 4.90 Å². The molecule has 10 aromatic rings. The Labute approximate surface area is 270 Å². The molecular weight excluding hydrogens is 574 g/mol. The van der Waals surface area contributed by atoms with Crippen LogP contribution in [0.5, 0.6) is 0 Å². The molecule has 0 spiro atoms. The smallest absolute Gasteiger partial charge is 0.159 e. The summed E-state index contributed by atoms with van der Waals surface area (Å²) in [5.41, 5.74) is 9.05. The minimum Gasteiger partial charge on any atom is -0.456 e. The van der Waals surface area contributed by atoms with Gasteiger partial charge in [0.15, 0.2) is 5.58 Å². The Morgan fingerprint density at radius 3 is 1.83 bits per heavy atom. The summed E-state index contributed by atoms with van der Waals surface area (Å²) in [5.74, 6) is 0. The van der Waals surface area contributed by atoms with E-state index in [2.05, 4.69) is 157 Å². The van der Waals surface area contributed by atoms with E-state index in [9.17, 15) is 0 Å². The van der Waals surface area contributed by atoms with Gasteiger partial charge >= 0.3 is 0 Å². The second-order valence-electron chi connectivity index (χ2n) is 12.1. The third kappa shape index (κ3) is 4.00. The molecule has 0 radical (unpaired) electrons. The quantitative estimate of drug-likeness (QED) is 0.201. The molecule has 2 aromatic heterocycles. The highest BCUT2D eigenvalue weighted by Gasteiger charge is 2.21. The minimum atomic E-state index is 0.869. The van der Waals surface area contributed by atoms with E-state index in [1.807, 2.05) is 12.1 Å². The van der Waals surface area contributed by atoms with Gasteiger partial charge in [0.2, 0.25) is 0 Å². The van der Waals surface area contributed by atoms with Crippen LogP contribution in [-0.2, 0) is 0 Å². The lowest BCUT2D eigenvalue weighted by Gasteiger charge is -2.27. The topological polar surface area (TPSA) is 29.5 Å². The van der Waals surface area contributed by atoms with Crippen LogP contribution in [0.3, 0.4) is 0 Å². The van der Waals surface area contributed by atoms with Crippen molar-refractivity contribution in [1.82, 2.24) is 0 Å². The first-order chi connectivity index (χ1) is 23.3. The molecule has 0 aliphatic rings. The Hall–Kier alpha value is -6.32. The number of anilines is 3.